The Labute approximate surface area is 105 Å². The summed E-state index contributed by atoms with van der Waals surface area (Å²) in [6.07, 6.45) is 0.120. The summed E-state index contributed by atoms with van der Waals surface area (Å²) in [5.41, 5.74) is 0.182. The lowest BCUT2D eigenvalue weighted by Gasteiger charge is -2.13. The molecule has 0 heterocycles. The van der Waals surface area contributed by atoms with Gasteiger partial charge in [0.05, 0.1) is 4.90 Å². The van der Waals surface area contributed by atoms with Crippen LogP contribution in [0.1, 0.15) is 18.9 Å². The molecule has 0 bridgehead atoms. The summed E-state index contributed by atoms with van der Waals surface area (Å²) in [6.45, 7) is 2.99. The molecule has 100 valence electrons. The first-order chi connectivity index (χ1) is 8.27. The van der Waals surface area contributed by atoms with E-state index in [0.717, 1.165) is 18.2 Å². The van der Waals surface area contributed by atoms with E-state index >= 15 is 0 Å². The summed E-state index contributed by atoms with van der Waals surface area (Å²) in [5, 5.41) is 8.80. The summed E-state index contributed by atoms with van der Waals surface area (Å²) in [7, 11) is -3.95. The van der Waals surface area contributed by atoms with Crippen LogP contribution < -0.4 is 4.72 Å². The van der Waals surface area contributed by atoms with Gasteiger partial charge in [0.2, 0.25) is 10.0 Å². The minimum atomic E-state index is -3.95. The number of carboxylic acid groups (broad SMARTS) is 1. The zero-order valence-corrected chi connectivity index (χ0v) is 10.8. The van der Waals surface area contributed by atoms with Crippen molar-refractivity contribution in [2.45, 2.75) is 31.2 Å². The van der Waals surface area contributed by atoms with Crippen molar-refractivity contribution in [3.05, 3.63) is 29.6 Å². The summed E-state index contributed by atoms with van der Waals surface area (Å²) in [5.74, 6) is -1.76. The topological polar surface area (TPSA) is 83.5 Å². The average Bonchev–Trinajstić information content (AvgIpc) is 2.29. The summed E-state index contributed by atoms with van der Waals surface area (Å²) < 4.78 is 38.8. The van der Waals surface area contributed by atoms with Gasteiger partial charge in [0.15, 0.2) is 0 Å². The molecule has 0 radical (unpaired) electrons. The van der Waals surface area contributed by atoms with E-state index in [1.54, 1.807) is 6.92 Å². The first-order valence-corrected chi connectivity index (χ1v) is 6.77. The number of halogens is 1. The van der Waals surface area contributed by atoms with Crippen LogP contribution in [-0.4, -0.2) is 25.5 Å². The van der Waals surface area contributed by atoms with Gasteiger partial charge in [-0.3, -0.25) is 4.79 Å². The Morgan fingerprint density at radius 3 is 2.56 bits per heavy atom. The Morgan fingerprint density at radius 2 is 2.11 bits per heavy atom. The highest BCUT2D eigenvalue weighted by atomic mass is 32.2. The second kappa shape index (κ2) is 5.45. The van der Waals surface area contributed by atoms with Crippen molar-refractivity contribution in [3.8, 4) is 0 Å². The first kappa shape index (κ1) is 14.6. The molecule has 1 aromatic rings. The highest BCUT2D eigenvalue weighted by Crippen LogP contribution is 2.14. The fourth-order valence-electron chi connectivity index (χ4n) is 1.35. The molecule has 0 aliphatic carbocycles. The molecule has 1 unspecified atom stereocenters. The van der Waals surface area contributed by atoms with Gasteiger partial charge in [-0.15, -0.1) is 0 Å². The van der Waals surface area contributed by atoms with E-state index in [1.807, 2.05) is 0 Å². The second-order valence-corrected chi connectivity index (χ2v) is 5.55. The van der Waals surface area contributed by atoms with Gasteiger partial charge in [-0.25, -0.2) is 12.8 Å². The summed E-state index contributed by atoms with van der Waals surface area (Å²) in [4.78, 5) is 10.6. The van der Waals surface area contributed by atoms with Crippen LogP contribution >= 0.6 is 0 Å². The molecule has 0 spiro atoms. The Bertz CT molecular complexity index is 556. The van der Waals surface area contributed by atoms with Gasteiger partial charge in [0, 0.05) is 0 Å². The molecule has 7 heteroatoms. The predicted octanol–water partition coefficient (Wildman–Crippen LogP) is 1.28. The van der Waals surface area contributed by atoms with Crippen LogP contribution in [0, 0.1) is 12.7 Å². The Morgan fingerprint density at radius 1 is 1.50 bits per heavy atom. The van der Waals surface area contributed by atoms with Crippen molar-refractivity contribution in [2.75, 3.05) is 0 Å². The lowest BCUT2D eigenvalue weighted by molar-refractivity contribution is -0.139. The van der Waals surface area contributed by atoms with E-state index in [1.165, 1.54) is 6.92 Å². The number of hydrogen-bond donors (Lipinski definition) is 2. The molecular weight excluding hydrogens is 261 g/mol. The smallest absolute Gasteiger partial charge is 0.321 e. The van der Waals surface area contributed by atoms with Gasteiger partial charge >= 0.3 is 5.97 Å². The number of sulfonamides is 1. The highest BCUT2D eigenvalue weighted by Gasteiger charge is 2.24. The molecule has 0 amide bonds. The number of benzene rings is 1. The molecule has 0 saturated heterocycles. The van der Waals surface area contributed by atoms with Crippen LogP contribution in [0.5, 0.6) is 0 Å². The lowest BCUT2D eigenvalue weighted by Crippen LogP contribution is -2.40. The van der Waals surface area contributed by atoms with Gasteiger partial charge < -0.3 is 5.11 Å². The monoisotopic (exact) mass is 275 g/mol. The number of nitrogens with one attached hydrogen (secondary N) is 1. The van der Waals surface area contributed by atoms with E-state index in [2.05, 4.69) is 4.72 Å². The SMILES string of the molecule is CCC(NS(=O)(=O)c1ccc(F)c(C)c1)C(=O)O. The van der Waals surface area contributed by atoms with E-state index in [0.29, 0.717) is 0 Å². The first-order valence-electron chi connectivity index (χ1n) is 5.29. The predicted molar refractivity (Wildman–Crippen MR) is 63.2 cm³/mol. The van der Waals surface area contributed by atoms with Crippen LogP contribution in [-0.2, 0) is 14.8 Å². The van der Waals surface area contributed by atoms with Crippen LogP contribution in [0.25, 0.3) is 0 Å². The maximum absolute atomic E-state index is 13.0. The average molecular weight is 275 g/mol. The molecule has 5 nitrogen and oxygen atoms in total. The highest BCUT2D eigenvalue weighted by molar-refractivity contribution is 7.89. The minimum absolute atomic E-state index is 0.120. The zero-order valence-electron chi connectivity index (χ0n) is 9.97. The number of aryl methyl sites for hydroxylation is 1. The van der Waals surface area contributed by atoms with Crippen molar-refractivity contribution in [1.82, 2.24) is 4.72 Å². The van der Waals surface area contributed by atoms with Crippen molar-refractivity contribution in [3.63, 3.8) is 0 Å². The van der Waals surface area contributed by atoms with E-state index < -0.39 is 27.9 Å². The van der Waals surface area contributed by atoms with E-state index in [4.69, 9.17) is 5.11 Å². The maximum atomic E-state index is 13.0. The van der Waals surface area contributed by atoms with Gasteiger partial charge in [-0.2, -0.15) is 4.72 Å². The number of rotatable bonds is 5. The number of aliphatic carboxylic acids is 1. The third kappa shape index (κ3) is 3.27. The van der Waals surface area contributed by atoms with Crippen LogP contribution in [0.15, 0.2) is 23.1 Å². The van der Waals surface area contributed by atoms with Gasteiger partial charge in [-0.1, -0.05) is 6.92 Å². The standard InChI is InChI=1S/C11H14FNO4S/c1-3-10(11(14)15)13-18(16,17)8-4-5-9(12)7(2)6-8/h4-6,10,13H,3H2,1-2H3,(H,14,15). The van der Waals surface area contributed by atoms with Crippen LogP contribution in [0.2, 0.25) is 0 Å². The normalized spacial score (nSPS) is 13.3. The third-order valence-corrected chi connectivity index (χ3v) is 3.91. The van der Waals surface area contributed by atoms with Gasteiger partial charge in [0.1, 0.15) is 11.9 Å². The molecule has 2 N–H and O–H groups in total. The van der Waals surface area contributed by atoms with Crippen LogP contribution in [0.4, 0.5) is 4.39 Å². The minimum Gasteiger partial charge on any atom is -0.480 e. The zero-order chi connectivity index (χ0) is 13.9. The van der Waals surface area contributed by atoms with Crippen molar-refractivity contribution < 1.29 is 22.7 Å². The molecule has 1 aromatic carbocycles. The third-order valence-electron chi connectivity index (χ3n) is 2.44. The van der Waals surface area contributed by atoms with Gasteiger partial charge in [-0.05, 0) is 37.1 Å². The Kier molecular flexibility index (Phi) is 4.42. The Balaban J connectivity index is 3.06. The van der Waals surface area contributed by atoms with E-state index in [-0.39, 0.29) is 16.9 Å². The molecule has 0 aromatic heterocycles. The molecule has 18 heavy (non-hydrogen) atoms. The van der Waals surface area contributed by atoms with Crippen LogP contribution in [0.3, 0.4) is 0 Å². The van der Waals surface area contributed by atoms with E-state index in [9.17, 15) is 17.6 Å². The van der Waals surface area contributed by atoms with Crippen molar-refractivity contribution in [2.24, 2.45) is 0 Å². The fourth-order valence-corrected chi connectivity index (χ4v) is 2.71. The second-order valence-electron chi connectivity index (χ2n) is 3.83. The molecule has 0 aliphatic rings. The quantitative estimate of drug-likeness (QED) is 0.847. The number of hydrogen-bond acceptors (Lipinski definition) is 3. The summed E-state index contributed by atoms with van der Waals surface area (Å²) >= 11 is 0. The molecule has 1 atom stereocenters. The molecule has 1 rings (SSSR count). The summed E-state index contributed by atoms with van der Waals surface area (Å²) in [6, 6.07) is 2.09. The molecule has 0 fully saturated rings. The molecular formula is C11H14FNO4S. The molecule has 0 aliphatic heterocycles. The lowest BCUT2D eigenvalue weighted by atomic mass is 10.2. The van der Waals surface area contributed by atoms with Gasteiger partial charge in [0.25, 0.3) is 0 Å². The van der Waals surface area contributed by atoms with Crippen molar-refractivity contribution >= 4 is 16.0 Å². The maximum Gasteiger partial charge on any atom is 0.321 e. The number of carboxylic acids is 1. The fraction of sp³-hybridized carbons (Fsp3) is 0.364. The van der Waals surface area contributed by atoms with Crippen molar-refractivity contribution in [1.29, 1.82) is 0 Å². The Hall–Kier alpha value is -1.47. The number of carbonyl (C=O) groups is 1. The largest absolute Gasteiger partial charge is 0.480 e. The molecule has 0 saturated carbocycles.